The van der Waals surface area contributed by atoms with Crippen molar-refractivity contribution < 1.29 is 13.9 Å². The van der Waals surface area contributed by atoms with Crippen LogP contribution in [-0.2, 0) is 11.4 Å². The van der Waals surface area contributed by atoms with E-state index in [1.165, 1.54) is 0 Å². The topological polar surface area (TPSA) is 77.2 Å². The first kappa shape index (κ1) is 20.2. The Bertz CT molecular complexity index is 991. The predicted molar refractivity (Wildman–Crippen MR) is 110 cm³/mol. The molecular weight excluding hydrogens is 398 g/mol. The van der Waals surface area contributed by atoms with Gasteiger partial charge in [-0.05, 0) is 55.7 Å². The standard InChI is InChI=1S/C20H20ClN3O3S/c1-12-5-4-6-17(14(12)3)26-10-19-23-24-20(27-19)28-11-18(25)22-15-8-7-13(2)16(21)9-15/h4-9H,10-11H2,1-3H3,(H,22,25). The van der Waals surface area contributed by atoms with E-state index >= 15 is 0 Å². The number of amides is 1. The number of carbonyl (C=O) groups is 1. The summed E-state index contributed by atoms with van der Waals surface area (Å²) in [4.78, 5) is 12.1. The summed E-state index contributed by atoms with van der Waals surface area (Å²) in [5.41, 5.74) is 3.83. The number of nitrogens with zero attached hydrogens (tertiary/aromatic N) is 2. The molecule has 2 aromatic carbocycles. The van der Waals surface area contributed by atoms with Crippen LogP contribution in [-0.4, -0.2) is 21.9 Å². The van der Waals surface area contributed by atoms with E-state index in [-0.39, 0.29) is 18.3 Å². The van der Waals surface area contributed by atoms with Crippen LogP contribution in [0.2, 0.25) is 5.02 Å². The number of carbonyl (C=O) groups excluding carboxylic acids is 1. The molecule has 0 atom stereocenters. The zero-order chi connectivity index (χ0) is 20.1. The Hall–Kier alpha value is -2.51. The van der Waals surface area contributed by atoms with Crippen molar-refractivity contribution in [3.8, 4) is 5.75 Å². The number of aromatic nitrogens is 2. The number of benzene rings is 2. The molecule has 0 fully saturated rings. The Morgan fingerprint density at radius 1 is 1.18 bits per heavy atom. The van der Waals surface area contributed by atoms with Crippen molar-refractivity contribution in [2.45, 2.75) is 32.6 Å². The molecule has 0 aliphatic carbocycles. The molecule has 1 heterocycles. The van der Waals surface area contributed by atoms with Crippen molar-refractivity contribution >= 4 is 35.0 Å². The van der Waals surface area contributed by atoms with Gasteiger partial charge >= 0.3 is 0 Å². The highest BCUT2D eigenvalue weighted by atomic mass is 35.5. The van der Waals surface area contributed by atoms with Gasteiger partial charge in [0.2, 0.25) is 5.91 Å². The molecule has 1 aromatic heterocycles. The Balaban J connectivity index is 1.49. The van der Waals surface area contributed by atoms with E-state index in [2.05, 4.69) is 15.5 Å². The van der Waals surface area contributed by atoms with Gasteiger partial charge in [0.1, 0.15) is 5.75 Å². The average molecular weight is 418 g/mol. The van der Waals surface area contributed by atoms with Crippen LogP contribution in [0.25, 0.3) is 0 Å². The van der Waals surface area contributed by atoms with Gasteiger partial charge in [-0.1, -0.05) is 41.6 Å². The van der Waals surface area contributed by atoms with Crippen LogP contribution in [0.5, 0.6) is 5.75 Å². The van der Waals surface area contributed by atoms with Crippen molar-refractivity contribution in [1.82, 2.24) is 10.2 Å². The smallest absolute Gasteiger partial charge is 0.277 e. The molecule has 0 aliphatic heterocycles. The highest BCUT2D eigenvalue weighted by Crippen LogP contribution is 2.23. The van der Waals surface area contributed by atoms with E-state index in [0.717, 1.165) is 34.2 Å². The van der Waals surface area contributed by atoms with Crippen LogP contribution in [0.3, 0.4) is 0 Å². The minimum Gasteiger partial charge on any atom is -0.484 e. The van der Waals surface area contributed by atoms with Gasteiger partial charge in [0, 0.05) is 10.7 Å². The van der Waals surface area contributed by atoms with Crippen LogP contribution in [0.1, 0.15) is 22.6 Å². The van der Waals surface area contributed by atoms with E-state index in [0.29, 0.717) is 21.8 Å². The van der Waals surface area contributed by atoms with Crippen molar-refractivity contribution in [2.75, 3.05) is 11.1 Å². The Labute approximate surface area is 172 Å². The van der Waals surface area contributed by atoms with E-state index in [1.54, 1.807) is 12.1 Å². The minimum absolute atomic E-state index is 0.144. The molecular formula is C20H20ClN3O3S. The summed E-state index contributed by atoms with van der Waals surface area (Å²) in [5.74, 6) is 1.10. The number of aryl methyl sites for hydroxylation is 2. The molecule has 8 heteroatoms. The first-order valence-corrected chi connectivity index (χ1v) is 9.99. The maximum atomic E-state index is 12.1. The number of hydrogen-bond acceptors (Lipinski definition) is 6. The van der Waals surface area contributed by atoms with Gasteiger partial charge < -0.3 is 14.5 Å². The highest BCUT2D eigenvalue weighted by molar-refractivity contribution is 7.99. The van der Waals surface area contributed by atoms with Gasteiger partial charge in [0.25, 0.3) is 11.1 Å². The molecule has 3 aromatic rings. The molecule has 3 rings (SSSR count). The Morgan fingerprint density at radius 2 is 2.00 bits per heavy atom. The third-order valence-electron chi connectivity index (χ3n) is 4.14. The fourth-order valence-corrected chi connectivity index (χ4v) is 3.13. The van der Waals surface area contributed by atoms with Crippen LogP contribution in [0.15, 0.2) is 46.0 Å². The molecule has 1 N–H and O–H groups in total. The number of thioether (sulfide) groups is 1. The van der Waals surface area contributed by atoms with Crippen LogP contribution >= 0.6 is 23.4 Å². The second-order valence-corrected chi connectivity index (χ2v) is 7.58. The van der Waals surface area contributed by atoms with Crippen molar-refractivity contribution in [1.29, 1.82) is 0 Å². The normalized spacial score (nSPS) is 10.7. The van der Waals surface area contributed by atoms with Gasteiger partial charge in [-0.2, -0.15) is 0 Å². The molecule has 146 valence electrons. The van der Waals surface area contributed by atoms with Gasteiger partial charge in [-0.15, -0.1) is 10.2 Å². The molecule has 6 nitrogen and oxygen atoms in total. The fraction of sp³-hybridized carbons (Fsp3) is 0.250. The average Bonchev–Trinajstić information content (AvgIpc) is 3.12. The molecule has 0 radical (unpaired) electrons. The van der Waals surface area contributed by atoms with Gasteiger partial charge in [0.15, 0.2) is 6.61 Å². The summed E-state index contributed by atoms with van der Waals surface area (Å²) >= 11 is 7.23. The molecule has 0 bridgehead atoms. The summed E-state index contributed by atoms with van der Waals surface area (Å²) in [6.07, 6.45) is 0. The molecule has 0 saturated carbocycles. The second-order valence-electron chi connectivity index (χ2n) is 6.25. The summed E-state index contributed by atoms with van der Waals surface area (Å²) in [7, 11) is 0. The van der Waals surface area contributed by atoms with Gasteiger partial charge in [-0.3, -0.25) is 4.79 Å². The van der Waals surface area contributed by atoms with E-state index in [4.69, 9.17) is 20.8 Å². The predicted octanol–water partition coefficient (Wildman–Crippen LogP) is 4.96. The summed E-state index contributed by atoms with van der Waals surface area (Å²) in [6, 6.07) is 11.2. The largest absolute Gasteiger partial charge is 0.484 e. The number of anilines is 1. The Morgan fingerprint density at radius 3 is 2.79 bits per heavy atom. The number of nitrogens with one attached hydrogen (secondary N) is 1. The lowest BCUT2D eigenvalue weighted by molar-refractivity contribution is -0.113. The minimum atomic E-state index is -0.184. The zero-order valence-electron chi connectivity index (χ0n) is 15.8. The number of hydrogen-bond donors (Lipinski definition) is 1. The molecule has 0 saturated heterocycles. The lowest BCUT2D eigenvalue weighted by atomic mass is 10.1. The summed E-state index contributed by atoms with van der Waals surface area (Å²) in [6.45, 7) is 6.10. The van der Waals surface area contributed by atoms with Crippen LogP contribution in [0.4, 0.5) is 5.69 Å². The molecule has 0 spiro atoms. The molecule has 0 unspecified atom stereocenters. The van der Waals surface area contributed by atoms with E-state index < -0.39 is 0 Å². The van der Waals surface area contributed by atoms with Crippen LogP contribution in [0, 0.1) is 20.8 Å². The molecule has 28 heavy (non-hydrogen) atoms. The first-order chi connectivity index (χ1) is 13.4. The summed E-state index contributed by atoms with van der Waals surface area (Å²) in [5, 5.41) is 11.6. The SMILES string of the molecule is Cc1ccc(NC(=O)CSc2nnc(COc3cccc(C)c3C)o2)cc1Cl. The first-order valence-electron chi connectivity index (χ1n) is 8.62. The molecule has 1 amide bonds. The summed E-state index contributed by atoms with van der Waals surface area (Å²) < 4.78 is 11.3. The van der Waals surface area contributed by atoms with E-state index in [9.17, 15) is 4.79 Å². The third-order valence-corrected chi connectivity index (χ3v) is 5.36. The quantitative estimate of drug-likeness (QED) is 0.547. The number of rotatable bonds is 7. The third kappa shape index (κ3) is 5.27. The fourth-order valence-electron chi connectivity index (χ4n) is 2.37. The van der Waals surface area contributed by atoms with Crippen molar-refractivity contribution in [3.63, 3.8) is 0 Å². The monoisotopic (exact) mass is 417 g/mol. The van der Waals surface area contributed by atoms with Crippen molar-refractivity contribution in [3.05, 3.63) is 64.0 Å². The Kier molecular flexibility index (Phi) is 6.59. The lowest BCUT2D eigenvalue weighted by Crippen LogP contribution is -2.14. The number of halogens is 1. The van der Waals surface area contributed by atoms with E-state index in [1.807, 2.05) is 45.0 Å². The lowest BCUT2D eigenvalue weighted by Gasteiger charge is -2.08. The van der Waals surface area contributed by atoms with Gasteiger partial charge in [-0.25, -0.2) is 0 Å². The number of ether oxygens (including phenoxy) is 1. The van der Waals surface area contributed by atoms with Gasteiger partial charge in [0.05, 0.1) is 5.75 Å². The maximum Gasteiger partial charge on any atom is 0.277 e. The highest BCUT2D eigenvalue weighted by Gasteiger charge is 2.12. The molecule has 0 aliphatic rings. The van der Waals surface area contributed by atoms with Crippen LogP contribution < -0.4 is 10.1 Å². The van der Waals surface area contributed by atoms with Crippen molar-refractivity contribution in [2.24, 2.45) is 0 Å². The zero-order valence-corrected chi connectivity index (χ0v) is 17.4. The maximum absolute atomic E-state index is 12.1. The second kappa shape index (κ2) is 9.12.